The van der Waals surface area contributed by atoms with Gasteiger partial charge in [-0.1, -0.05) is 11.3 Å². The summed E-state index contributed by atoms with van der Waals surface area (Å²) in [6.45, 7) is 0.531. The molecule has 22 heavy (non-hydrogen) atoms. The smallest absolute Gasteiger partial charge is 0.228 e. The van der Waals surface area contributed by atoms with Gasteiger partial charge in [0.05, 0.1) is 6.26 Å². The molecule has 0 saturated carbocycles. The Kier molecular flexibility index (Phi) is 4.40. The number of rotatable bonds is 6. The van der Waals surface area contributed by atoms with Crippen molar-refractivity contribution in [3.8, 4) is 0 Å². The van der Waals surface area contributed by atoms with Gasteiger partial charge >= 0.3 is 0 Å². The number of aryl methyl sites for hydroxylation is 1. The van der Waals surface area contributed by atoms with Gasteiger partial charge in [-0.15, -0.1) is 10.2 Å². The summed E-state index contributed by atoms with van der Waals surface area (Å²) < 4.78 is 6.89. The summed E-state index contributed by atoms with van der Waals surface area (Å²) >= 11 is 1.30. The minimum atomic E-state index is -0.117. The van der Waals surface area contributed by atoms with Gasteiger partial charge in [-0.05, 0) is 30.4 Å². The predicted octanol–water partition coefficient (Wildman–Crippen LogP) is 2.53. The van der Waals surface area contributed by atoms with Crippen LogP contribution in [0, 0.1) is 0 Å². The number of hydrogen-bond donors (Lipinski definition) is 1. The Balaban J connectivity index is 1.51. The van der Waals surface area contributed by atoms with Crippen molar-refractivity contribution in [2.75, 3.05) is 5.32 Å². The highest BCUT2D eigenvalue weighted by Crippen LogP contribution is 2.18. The van der Waals surface area contributed by atoms with Crippen LogP contribution in [0.3, 0.4) is 0 Å². The van der Waals surface area contributed by atoms with Crippen LogP contribution in [0.1, 0.15) is 17.2 Å². The molecule has 0 aliphatic rings. The number of aromatic nitrogens is 4. The number of carbonyl (C=O) groups is 1. The van der Waals surface area contributed by atoms with Crippen molar-refractivity contribution in [2.45, 2.75) is 13.0 Å². The lowest BCUT2D eigenvalue weighted by Gasteiger charge is -2.01. The van der Waals surface area contributed by atoms with Crippen LogP contribution in [0.15, 0.2) is 41.3 Å². The van der Waals surface area contributed by atoms with Gasteiger partial charge in [-0.25, -0.2) is 0 Å². The van der Waals surface area contributed by atoms with Gasteiger partial charge in [0, 0.05) is 25.4 Å². The summed E-state index contributed by atoms with van der Waals surface area (Å²) in [4.78, 5) is 11.8. The first-order valence-corrected chi connectivity index (χ1v) is 7.43. The normalized spacial score (nSPS) is 11.1. The number of hydrogen-bond acceptors (Lipinski definition) is 6. The van der Waals surface area contributed by atoms with E-state index in [-0.39, 0.29) is 5.91 Å². The van der Waals surface area contributed by atoms with Crippen LogP contribution in [-0.2, 0) is 11.3 Å². The zero-order chi connectivity index (χ0) is 15.2. The molecule has 0 bridgehead atoms. The molecule has 0 fully saturated rings. The maximum absolute atomic E-state index is 11.8. The molecule has 8 heteroatoms. The molecule has 0 aliphatic carbocycles. The van der Waals surface area contributed by atoms with E-state index in [4.69, 9.17) is 4.42 Å². The zero-order valence-corrected chi connectivity index (χ0v) is 12.4. The van der Waals surface area contributed by atoms with E-state index in [0.717, 1.165) is 5.76 Å². The molecular weight excluding hydrogens is 302 g/mol. The lowest BCUT2D eigenvalue weighted by molar-refractivity contribution is -0.116. The van der Waals surface area contributed by atoms with Gasteiger partial charge in [0.25, 0.3) is 0 Å². The van der Waals surface area contributed by atoms with Gasteiger partial charge in [-0.2, -0.15) is 5.10 Å². The summed E-state index contributed by atoms with van der Waals surface area (Å²) in [5.41, 5.74) is 0. The van der Waals surface area contributed by atoms with Crippen LogP contribution in [0.2, 0.25) is 0 Å². The molecule has 0 aromatic carbocycles. The second-order valence-corrected chi connectivity index (χ2v) is 5.37. The molecule has 3 aromatic rings. The minimum absolute atomic E-state index is 0.117. The maximum atomic E-state index is 11.8. The fourth-order valence-corrected chi connectivity index (χ4v) is 2.38. The summed E-state index contributed by atoms with van der Waals surface area (Å²) in [6.07, 6.45) is 9.01. The molecule has 0 unspecified atom stereocenters. The SMILES string of the molecule is O=C(CCn1cccn1)Nc1nnc(C=Cc2ccco2)s1. The van der Waals surface area contributed by atoms with E-state index < -0.39 is 0 Å². The second kappa shape index (κ2) is 6.81. The van der Waals surface area contributed by atoms with Crippen molar-refractivity contribution in [2.24, 2.45) is 0 Å². The average Bonchev–Trinajstić information content (AvgIpc) is 3.25. The lowest BCUT2D eigenvalue weighted by Crippen LogP contribution is -2.14. The average molecular weight is 315 g/mol. The first-order valence-electron chi connectivity index (χ1n) is 6.62. The van der Waals surface area contributed by atoms with E-state index in [1.165, 1.54) is 11.3 Å². The van der Waals surface area contributed by atoms with Gasteiger partial charge in [0.1, 0.15) is 10.8 Å². The van der Waals surface area contributed by atoms with Crippen LogP contribution in [0.25, 0.3) is 12.2 Å². The third-order valence-corrected chi connectivity index (χ3v) is 3.55. The van der Waals surface area contributed by atoms with Crippen molar-refractivity contribution in [1.82, 2.24) is 20.0 Å². The molecule has 3 rings (SSSR count). The van der Waals surface area contributed by atoms with E-state index in [1.807, 2.05) is 24.4 Å². The molecule has 0 atom stereocenters. The van der Waals surface area contributed by atoms with Crippen molar-refractivity contribution in [3.05, 3.63) is 47.6 Å². The van der Waals surface area contributed by atoms with E-state index in [0.29, 0.717) is 23.1 Å². The van der Waals surface area contributed by atoms with Crippen LogP contribution in [0.5, 0.6) is 0 Å². The Morgan fingerprint density at radius 3 is 3.09 bits per heavy atom. The zero-order valence-electron chi connectivity index (χ0n) is 11.5. The van der Waals surface area contributed by atoms with Crippen LogP contribution in [-0.4, -0.2) is 25.9 Å². The minimum Gasteiger partial charge on any atom is -0.465 e. The molecule has 0 saturated heterocycles. The summed E-state index contributed by atoms with van der Waals surface area (Å²) in [5.74, 6) is 0.619. The third kappa shape index (κ3) is 3.89. The first-order chi connectivity index (χ1) is 10.8. The molecule has 3 aromatic heterocycles. The number of furan rings is 1. The van der Waals surface area contributed by atoms with Crippen molar-refractivity contribution >= 4 is 34.5 Å². The number of nitrogens with one attached hydrogen (secondary N) is 1. The fraction of sp³-hybridized carbons (Fsp3) is 0.143. The second-order valence-electron chi connectivity index (χ2n) is 4.36. The monoisotopic (exact) mass is 315 g/mol. The van der Waals surface area contributed by atoms with Gasteiger partial charge in [0.2, 0.25) is 11.0 Å². The van der Waals surface area contributed by atoms with Gasteiger partial charge in [-0.3, -0.25) is 9.48 Å². The largest absolute Gasteiger partial charge is 0.465 e. The molecular formula is C14H13N5O2S. The van der Waals surface area contributed by atoms with Gasteiger partial charge < -0.3 is 9.73 Å². The number of anilines is 1. The maximum Gasteiger partial charge on any atom is 0.228 e. The summed E-state index contributed by atoms with van der Waals surface area (Å²) in [6, 6.07) is 5.47. The predicted molar refractivity (Wildman–Crippen MR) is 83.0 cm³/mol. The highest BCUT2D eigenvalue weighted by atomic mass is 32.1. The fourth-order valence-electron chi connectivity index (χ4n) is 1.72. The molecule has 0 aliphatic heterocycles. The van der Waals surface area contributed by atoms with Crippen LogP contribution < -0.4 is 5.32 Å². The highest BCUT2D eigenvalue weighted by Gasteiger charge is 2.07. The van der Waals surface area contributed by atoms with Crippen molar-refractivity contribution in [3.63, 3.8) is 0 Å². The van der Waals surface area contributed by atoms with Crippen LogP contribution in [0.4, 0.5) is 5.13 Å². The molecule has 0 spiro atoms. The Labute approximate surface area is 130 Å². The number of carbonyl (C=O) groups excluding carboxylic acids is 1. The van der Waals surface area contributed by atoms with Crippen molar-refractivity contribution in [1.29, 1.82) is 0 Å². The van der Waals surface area contributed by atoms with E-state index in [2.05, 4.69) is 20.6 Å². The molecule has 1 amide bonds. The Morgan fingerprint density at radius 2 is 2.32 bits per heavy atom. The molecule has 112 valence electrons. The molecule has 1 N–H and O–H groups in total. The first kappa shape index (κ1) is 14.2. The third-order valence-electron chi connectivity index (χ3n) is 2.75. The molecule has 3 heterocycles. The van der Waals surface area contributed by atoms with E-state index in [1.54, 1.807) is 29.3 Å². The highest BCUT2D eigenvalue weighted by molar-refractivity contribution is 7.16. The Morgan fingerprint density at radius 1 is 1.36 bits per heavy atom. The van der Waals surface area contributed by atoms with E-state index >= 15 is 0 Å². The van der Waals surface area contributed by atoms with Crippen LogP contribution >= 0.6 is 11.3 Å². The quantitative estimate of drug-likeness (QED) is 0.755. The molecule has 0 radical (unpaired) electrons. The topological polar surface area (TPSA) is 85.8 Å². The standard InChI is InChI=1S/C14H13N5O2S/c20-12(6-9-19-8-2-7-15-19)16-14-18-17-13(22-14)5-4-11-3-1-10-21-11/h1-5,7-8,10H,6,9H2,(H,16,18,20). The van der Waals surface area contributed by atoms with E-state index in [9.17, 15) is 4.79 Å². The summed E-state index contributed by atoms with van der Waals surface area (Å²) in [7, 11) is 0. The van der Waals surface area contributed by atoms with Gasteiger partial charge in [0.15, 0.2) is 0 Å². The Bertz CT molecular complexity index is 746. The number of nitrogens with zero attached hydrogens (tertiary/aromatic N) is 4. The lowest BCUT2D eigenvalue weighted by atomic mass is 10.4. The Hall–Kier alpha value is -2.74. The molecule has 7 nitrogen and oxygen atoms in total. The number of amides is 1. The summed E-state index contributed by atoms with van der Waals surface area (Å²) in [5, 5.41) is 15.9. The van der Waals surface area contributed by atoms with Crippen molar-refractivity contribution < 1.29 is 9.21 Å².